The fraction of sp³-hybridized carbons (Fsp3) is 0.440. The predicted molar refractivity (Wildman–Crippen MR) is 121 cm³/mol. The van der Waals surface area contributed by atoms with E-state index in [9.17, 15) is 9.59 Å². The van der Waals surface area contributed by atoms with Crippen molar-refractivity contribution in [3.63, 3.8) is 0 Å². The minimum Gasteiger partial charge on any atom is -0.373 e. The molecule has 0 radical (unpaired) electrons. The summed E-state index contributed by atoms with van der Waals surface area (Å²) in [6.45, 7) is 7.52. The Labute approximate surface area is 184 Å². The zero-order valence-electron chi connectivity index (χ0n) is 18.3. The third kappa shape index (κ3) is 6.15. The van der Waals surface area contributed by atoms with Crippen LogP contribution in [0, 0.1) is 5.92 Å². The van der Waals surface area contributed by atoms with Gasteiger partial charge in [0, 0.05) is 43.3 Å². The van der Waals surface area contributed by atoms with Crippen LogP contribution in [0.25, 0.3) is 0 Å². The number of morpholine rings is 1. The first-order valence-corrected chi connectivity index (χ1v) is 11.1. The maximum Gasteiger partial charge on any atom is 0.251 e. The molecule has 0 spiro atoms. The zero-order chi connectivity index (χ0) is 21.8. The molecule has 2 atom stereocenters. The van der Waals surface area contributed by atoms with Crippen LogP contribution in [0.1, 0.15) is 48.2 Å². The van der Waals surface area contributed by atoms with Crippen LogP contribution in [-0.2, 0) is 22.6 Å². The molecule has 164 valence electrons. The second kappa shape index (κ2) is 9.62. The van der Waals surface area contributed by atoms with E-state index in [0.29, 0.717) is 12.1 Å². The average Bonchev–Trinajstić information content (AvgIpc) is 3.58. The molecule has 2 aromatic rings. The Hall–Kier alpha value is -2.70. The van der Waals surface area contributed by atoms with Crippen molar-refractivity contribution in [1.29, 1.82) is 0 Å². The number of carbonyl (C=O) groups is 2. The van der Waals surface area contributed by atoms with E-state index in [1.807, 2.05) is 0 Å². The van der Waals surface area contributed by atoms with Gasteiger partial charge in [-0.05, 0) is 62.1 Å². The largest absolute Gasteiger partial charge is 0.373 e. The van der Waals surface area contributed by atoms with Gasteiger partial charge >= 0.3 is 0 Å². The van der Waals surface area contributed by atoms with Gasteiger partial charge in [-0.15, -0.1) is 0 Å². The second-order valence-electron chi connectivity index (χ2n) is 8.79. The summed E-state index contributed by atoms with van der Waals surface area (Å²) < 4.78 is 5.80. The number of nitrogens with one attached hydrogen (secondary N) is 2. The van der Waals surface area contributed by atoms with Crippen molar-refractivity contribution in [2.45, 2.75) is 52.0 Å². The lowest BCUT2D eigenvalue weighted by molar-refractivity contribution is -0.117. The maximum atomic E-state index is 12.4. The fourth-order valence-corrected chi connectivity index (χ4v) is 4.01. The molecular formula is C25H31N3O3. The number of amides is 2. The summed E-state index contributed by atoms with van der Waals surface area (Å²) in [5.74, 6) is 0.106. The van der Waals surface area contributed by atoms with Gasteiger partial charge in [-0.1, -0.05) is 24.3 Å². The Morgan fingerprint density at radius 2 is 1.55 bits per heavy atom. The first-order valence-electron chi connectivity index (χ1n) is 11.1. The van der Waals surface area contributed by atoms with Crippen molar-refractivity contribution < 1.29 is 14.3 Å². The van der Waals surface area contributed by atoms with Crippen LogP contribution in [0.5, 0.6) is 0 Å². The quantitative estimate of drug-likeness (QED) is 0.717. The fourth-order valence-electron chi connectivity index (χ4n) is 4.01. The van der Waals surface area contributed by atoms with E-state index in [1.165, 1.54) is 5.56 Å². The van der Waals surface area contributed by atoms with E-state index in [2.05, 4.69) is 53.6 Å². The number of rotatable bonds is 7. The molecule has 1 saturated carbocycles. The first-order chi connectivity index (χ1) is 15.0. The van der Waals surface area contributed by atoms with Crippen LogP contribution in [0.3, 0.4) is 0 Å². The van der Waals surface area contributed by atoms with Crippen LogP contribution in [-0.4, -0.2) is 42.0 Å². The van der Waals surface area contributed by atoms with Gasteiger partial charge in [0.05, 0.1) is 12.2 Å². The molecule has 6 nitrogen and oxygen atoms in total. The molecule has 2 fully saturated rings. The highest BCUT2D eigenvalue weighted by Crippen LogP contribution is 2.30. The van der Waals surface area contributed by atoms with Gasteiger partial charge in [-0.25, -0.2) is 0 Å². The molecule has 1 heterocycles. The van der Waals surface area contributed by atoms with E-state index in [0.717, 1.165) is 43.7 Å². The lowest BCUT2D eigenvalue weighted by Gasteiger charge is -2.35. The lowest BCUT2D eigenvalue weighted by atomic mass is 10.1. The van der Waals surface area contributed by atoms with Crippen LogP contribution < -0.4 is 10.6 Å². The maximum absolute atomic E-state index is 12.4. The summed E-state index contributed by atoms with van der Waals surface area (Å²) >= 11 is 0. The van der Waals surface area contributed by atoms with Gasteiger partial charge < -0.3 is 15.4 Å². The molecular weight excluding hydrogens is 390 g/mol. The number of benzene rings is 2. The number of ether oxygens (including phenoxy) is 1. The van der Waals surface area contributed by atoms with Crippen molar-refractivity contribution in [1.82, 2.24) is 10.2 Å². The van der Waals surface area contributed by atoms with Crippen molar-refractivity contribution >= 4 is 17.5 Å². The molecule has 4 rings (SSSR count). The van der Waals surface area contributed by atoms with Gasteiger partial charge in [0.2, 0.25) is 5.91 Å². The minimum atomic E-state index is -0.125. The molecule has 2 unspecified atom stereocenters. The number of carbonyl (C=O) groups excluding carboxylic acids is 2. The Bertz CT molecular complexity index is 897. The summed E-state index contributed by atoms with van der Waals surface area (Å²) in [6, 6.07) is 15.4. The highest BCUT2D eigenvalue weighted by molar-refractivity contribution is 5.96. The number of hydrogen-bond donors (Lipinski definition) is 2. The van der Waals surface area contributed by atoms with Crippen LogP contribution in [0.15, 0.2) is 48.5 Å². The predicted octanol–water partition coefficient (Wildman–Crippen LogP) is 3.57. The smallest absolute Gasteiger partial charge is 0.251 e. The van der Waals surface area contributed by atoms with E-state index in [4.69, 9.17) is 4.74 Å². The van der Waals surface area contributed by atoms with Gasteiger partial charge in [0.15, 0.2) is 0 Å². The zero-order valence-corrected chi connectivity index (χ0v) is 18.3. The standard InChI is InChI=1S/C25H31N3O3/c1-17-14-28(15-18(2)31-17)16-20-5-3-19(4-6-20)13-26-24(29)21-9-11-23(12-10-21)27-25(30)22-7-8-22/h3-6,9-12,17-18,22H,7-8,13-16H2,1-2H3,(H,26,29)(H,27,30). The number of hydrogen-bond acceptors (Lipinski definition) is 4. The normalized spacial score (nSPS) is 21.5. The molecule has 2 aliphatic rings. The highest BCUT2D eigenvalue weighted by Gasteiger charge is 2.29. The molecule has 2 amide bonds. The van der Waals surface area contributed by atoms with Crippen LogP contribution >= 0.6 is 0 Å². The van der Waals surface area contributed by atoms with Gasteiger partial charge in [0.1, 0.15) is 0 Å². The summed E-state index contributed by atoms with van der Waals surface area (Å²) in [4.78, 5) is 26.7. The Balaban J connectivity index is 1.25. The summed E-state index contributed by atoms with van der Waals surface area (Å²) in [5.41, 5.74) is 3.64. The molecule has 2 aromatic carbocycles. The van der Waals surface area contributed by atoms with Crippen molar-refractivity contribution in [3.05, 3.63) is 65.2 Å². The molecule has 6 heteroatoms. The summed E-state index contributed by atoms with van der Waals surface area (Å²) in [7, 11) is 0. The highest BCUT2D eigenvalue weighted by atomic mass is 16.5. The minimum absolute atomic E-state index is 0.0679. The van der Waals surface area contributed by atoms with Gasteiger partial charge in [-0.2, -0.15) is 0 Å². The van der Waals surface area contributed by atoms with E-state index in [-0.39, 0.29) is 29.9 Å². The van der Waals surface area contributed by atoms with Crippen LogP contribution in [0.2, 0.25) is 0 Å². The summed E-state index contributed by atoms with van der Waals surface area (Å²) in [6.07, 6.45) is 2.47. The van der Waals surface area contributed by atoms with E-state index >= 15 is 0 Å². The van der Waals surface area contributed by atoms with Gasteiger partial charge in [-0.3, -0.25) is 14.5 Å². The Morgan fingerprint density at radius 3 is 2.16 bits per heavy atom. The molecule has 2 N–H and O–H groups in total. The van der Waals surface area contributed by atoms with E-state index < -0.39 is 0 Å². The molecule has 1 aliphatic heterocycles. The monoisotopic (exact) mass is 421 g/mol. The third-order valence-corrected chi connectivity index (χ3v) is 5.74. The SMILES string of the molecule is CC1CN(Cc2ccc(CNC(=O)c3ccc(NC(=O)C4CC4)cc3)cc2)CC(C)O1. The van der Waals surface area contributed by atoms with Gasteiger partial charge in [0.25, 0.3) is 5.91 Å². The Morgan fingerprint density at radius 1 is 0.935 bits per heavy atom. The first kappa shape index (κ1) is 21.5. The molecule has 0 bridgehead atoms. The van der Waals surface area contributed by atoms with Crippen molar-refractivity contribution in [3.8, 4) is 0 Å². The number of anilines is 1. The Kier molecular flexibility index (Phi) is 6.68. The molecule has 31 heavy (non-hydrogen) atoms. The van der Waals surface area contributed by atoms with Crippen molar-refractivity contribution in [2.24, 2.45) is 5.92 Å². The average molecular weight is 422 g/mol. The topological polar surface area (TPSA) is 70.7 Å². The molecule has 1 saturated heterocycles. The lowest BCUT2D eigenvalue weighted by Crippen LogP contribution is -2.44. The molecule has 1 aliphatic carbocycles. The number of nitrogens with zero attached hydrogens (tertiary/aromatic N) is 1. The van der Waals surface area contributed by atoms with E-state index in [1.54, 1.807) is 24.3 Å². The molecule has 0 aromatic heterocycles. The van der Waals surface area contributed by atoms with Crippen molar-refractivity contribution in [2.75, 3.05) is 18.4 Å². The van der Waals surface area contributed by atoms with Crippen LogP contribution in [0.4, 0.5) is 5.69 Å². The summed E-state index contributed by atoms with van der Waals surface area (Å²) in [5, 5.41) is 5.85. The third-order valence-electron chi connectivity index (χ3n) is 5.74. The second-order valence-corrected chi connectivity index (χ2v) is 8.79.